The summed E-state index contributed by atoms with van der Waals surface area (Å²) >= 11 is 1.21. The third kappa shape index (κ3) is 6.95. The molecule has 4 rings (SSSR count). The zero-order chi connectivity index (χ0) is 27.3. The summed E-state index contributed by atoms with van der Waals surface area (Å²) in [6, 6.07) is 8.24. The Hall–Kier alpha value is -3.33. The summed E-state index contributed by atoms with van der Waals surface area (Å²) in [7, 11) is -1.66. The number of aromatic nitrogens is 3. The zero-order valence-corrected chi connectivity index (χ0v) is 23.2. The third-order valence-electron chi connectivity index (χ3n) is 5.98. The van der Waals surface area contributed by atoms with Crippen LogP contribution in [0.15, 0.2) is 35.2 Å². The number of hydrogen-bond donors (Lipinski definition) is 3. The van der Waals surface area contributed by atoms with Crippen molar-refractivity contribution in [3.05, 3.63) is 46.5 Å². The number of esters is 1. The predicted molar refractivity (Wildman–Crippen MR) is 148 cm³/mol. The first-order valence-electron chi connectivity index (χ1n) is 12.3. The number of aryl methyl sites for hydroxylation is 1. The van der Waals surface area contributed by atoms with Gasteiger partial charge in [0.1, 0.15) is 16.5 Å². The van der Waals surface area contributed by atoms with E-state index in [-0.39, 0.29) is 4.90 Å². The molecule has 0 saturated carbocycles. The Morgan fingerprint density at radius 3 is 2.45 bits per heavy atom. The molecule has 1 saturated heterocycles. The van der Waals surface area contributed by atoms with Gasteiger partial charge in [0.05, 0.1) is 17.2 Å². The fourth-order valence-corrected chi connectivity index (χ4v) is 5.32. The second-order valence-electron chi connectivity index (χ2n) is 8.76. The number of nitrogens with one attached hydrogen (secondary N) is 2. The summed E-state index contributed by atoms with van der Waals surface area (Å²) in [4.78, 5) is 31.3. The van der Waals surface area contributed by atoms with Crippen molar-refractivity contribution in [1.82, 2.24) is 19.9 Å². The van der Waals surface area contributed by atoms with Gasteiger partial charge in [-0.1, -0.05) is 30.4 Å². The van der Waals surface area contributed by atoms with Gasteiger partial charge < -0.3 is 19.9 Å². The van der Waals surface area contributed by atoms with Crippen molar-refractivity contribution < 1.29 is 17.9 Å². The molecular formula is C24H32N8O4S2. The maximum atomic E-state index is 12.4. The smallest absolute Gasteiger partial charge is 0.350 e. The third-order valence-corrected chi connectivity index (χ3v) is 7.90. The molecule has 0 unspecified atom stereocenters. The first-order chi connectivity index (χ1) is 18.2. The van der Waals surface area contributed by atoms with E-state index in [1.54, 1.807) is 19.1 Å². The summed E-state index contributed by atoms with van der Waals surface area (Å²) in [5.74, 6) is 1.31. The lowest BCUT2D eigenvalue weighted by molar-refractivity contribution is 0.0530. The van der Waals surface area contributed by atoms with Gasteiger partial charge in [-0.05, 0) is 38.1 Å². The van der Waals surface area contributed by atoms with Crippen LogP contribution in [-0.4, -0.2) is 74.1 Å². The molecule has 1 aromatic carbocycles. The van der Waals surface area contributed by atoms with Crippen LogP contribution in [0.2, 0.25) is 0 Å². The van der Waals surface area contributed by atoms with Gasteiger partial charge in [0.25, 0.3) is 0 Å². The minimum absolute atomic E-state index is 0.0595. The Kier molecular flexibility index (Phi) is 8.76. The topological polar surface area (TPSA) is 156 Å². The van der Waals surface area contributed by atoms with Crippen LogP contribution in [0.5, 0.6) is 0 Å². The van der Waals surface area contributed by atoms with Crippen LogP contribution in [0.1, 0.15) is 34.8 Å². The molecule has 3 aromatic rings. The molecule has 0 bridgehead atoms. The van der Waals surface area contributed by atoms with E-state index in [1.165, 1.54) is 23.5 Å². The van der Waals surface area contributed by atoms with E-state index < -0.39 is 16.0 Å². The van der Waals surface area contributed by atoms with Crippen molar-refractivity contribution in [2.75, 3.05) is 55.4 Å². The van der Waals surface area contributed by atoms with Crippen molar-refractivity contribution in [1.29, 1.82) is 0 Å². The van der Waals surface area contributed by atoms with Crippen LogP contribution in [0.3, 0.4) is 0 Å². The van der Waals surface area contributed by atoms with Gasteiger partial charge in [-0.15, -0.1) is 0 Å². The van der Waals surface area contributed by atoms with Crippen LogP contribution in [0.25, 0.3) is 0 Å². The molecule has 1 fully saturated rings. The average molecular weight is 561 g/mol. The summed E-state index contributed by atoms with van der Waals surface area (Å²) < 4.78 is 28.2. The van der Waals surface area contributed by atoms with Crippen molar-refractivity contribution in [3.8, 4) is 0 Å². The van der Waals surface area contributed by atoms with Gasteiger partial charge in [-0.25, -0.2) is 23.3 Å². The van der Waals surface area contributed by atoms with Gasteiger partial charge in [0, 0.05) is 38.8 Å². The SMILES string of the molecule is CCOC(=O)c1sc(Nc2nc(NCc3ccc(S(N)(=O)=O)cc3)cc(N3CCN(C)CC3)n2)nc1CC. The lowest BCUT2D eigenvalue weighted by atomic mass is 10.2. The second-order valence-corrected chi connectivity index (χ2v) is 11.3. The quantitative estimate of drug-likeness (QED) is 0.313. The first-order valence-corrected chi connectivity index (χ1v) is 14.6. The van der Waals surface area contributed by atoms with Crippen molar-refractivity contribution in [2.45, 2.75) is 31.7 Å². The number of benzene rings is 1. The number of likely N-dealkylation sites (N-methyl/N-ethyl adjacent to an activating group) is 1. The molecule has 0 aliphatic carbocycles. The largest absolute Gasteiger partial charge is 0.462 e. The number of piperazine rings is 1. The van der Waals surface area contributed by atoms with Crippen molar-refractivity contribution >= 4 is 50.0 Å². The molecule has 3 heterocycles. The van der Waals surface area contributed by atoms with Crippen molar-refractivity contribution in [3.63, 3.8) is 0 Å². The molecule has 2 aromatic heterocycles. The Morgan fingerprint density at radius 2 is 1.82 bits per heavy atom. The van der Waals surface area contributed by atoms with Gasteiger partial charge in [0.15, 0.2) is 5.13 Å². The Labute approximate surface area is 226 Å². The number of ether oxygens (including phenoxy) is 1. The minimum Gasteiger partial charge on any atom is -0.462 e. The number of carbonyl (C=O) groups is 1. The van der Waals surface area contributed by atoms with Gasteiger partial charge in [0.2, 0.25) is 16.0 Å². The first kappa shape index (κ1) is 27.7. The van der Waals surface area contributed by atoms with E-state index in [2.05, 4.69) is 37.4 Å². The van der Waals surface area contributed by atoms with Crippen molar-refractivity contribution in [2.24, 2.45) is 5.14 Å². The van der Waals surface area contributed by atoms with Crippen LogP contribution in [0, 0.1) is 0 Å². The lowest BCUT2D eigenvalue weighted by Crippen LogP contribution is -2.44. The Morgan fingerprint density at radius 1 is 1.11 bits per heavy atom. The number of sulfonamides is 1. The molecule has 1 aliphatic rings. The van der Waals surface area contributed by atoms with Crippen LogP contribution in [-0.2, 0) is 27.7 Å². The number of nitrogens with zero attached hydrogens (tertiary/aromatic N) is 5. The number of thiazole rings is 1. The van der Waals surface area contributed by atoms with Crippen LogP contribution < -0.4 is 20.7 Å². The van der Waals surface area contributed by atoms with E-state index in [9.17, 15) is 13.2 Å². The molecule has 0 atom stereocenters. The van der Waals surface area contributed by atoms with E-state index in [4.69, 9.17) is 14.9 Å². The normalized spacial score (nSPS) is 14.4. The number of nitrogens with two attached hydrogens (primary N) is 1. The standard InChI is InChI=1S/C24H32N8O4S2/c1-4-18-21(22(33)36-5-2)37-24(27-18)30-23-28-19(14-20(29-23)32-12-10-31(3)11-13-32)26-15-16-6-8-17(9-7-16)38(25,34)35/h6-9,14H,4-5,10-13,15H2,1-3H3,(H2,25,34,35)(H2,26,27,28,29,30). The van der Waals surface area contributed by atoms with Crippen LogP contribution >= 0.6 is 11.3 Å². The summed E-state index contributed by atoms with van der Waals surface area (Å²) in [5.41, 5.74) is 1.52. The molecule has 4 N–H and O–H groups in total. The predicted octanol–water partition coefficient (Wildman–Crippen LogP) is 2.43. The molecule has 12 nitrogen and oxygen atoms in total. The molecule has 14 heteroatoms. The van der Waals surface area contributed by atoms with E-state index in [0.29, 0.717) is 47.0 Å². The summed E-state index contributed by atoms with van der Waals surface area (Å²) in [5, 5.41) is 12.2. The monoisotopic (exact) mass is 560 g/mol. The molecule has 1 aliphatic heterocycles. The number of primary sulfonamides is 1. The maximum Gasteiger partial charge on any atom is 0.350 e. The molecule has 0 spiro atoms. The molecular weight excluding hydrogens is 528 g/mol. The Balaban J connectivity index is 1.58. The fourth-order valence-electron chi connectivity index (χ4n) is 3.86. The minimum atomic E-state index is -3.75. The van der Waals surface area contributed by atoms with E-state index >= 15 is 0 Å². The highest BCUT2D eigenvalue weighted by atomic mass is 32.2. The number of hydrogen-bond acceptors (Lipinski definition) is 12. The lowest BCUT2D eigenvalue weighted by Gasteiger charge is -2.33. The van der Waals surface area contributed by atoms with E-state index in [1.807, 2.05) is 13.0 Å². The molecule has 38 heavy (non-hydrogen) atoms. The average Bonchev–Trinajstić information content (AvgIpc) is 3.30. The highest BCUT2D eigenvalue weighted by Gasteiger charge is 2.21. The number of anilines is 4. The number of carbonyl (C=O) groups excluding carboxylic acids is 1. The van der Waals surface area contributed by atoms with Crippen LogP contribution in [0.4, 0.5) is 22.7 Å². The zero-order valence-electron chi connectivity index (χ0n) is 21.6. The van der Waals surface area contributed by atoms with E-state index in [0.717, 1.165) is 37.6 Å². The van der Waals surface area contributed by atoms with Gasteiger partial charge in [-0.2, -0.15) is 9.97 Å². The second kappa shape index (κ2) is 12.0. The fraction of sp³-hybridized carbons (Fsp3) is 0.417. The highest BCUT2D eigenvalue weighted by Crippen LogP contribution is 2.28. The highest BCUT2D eigenvalue weighted by molar-refractivity contribution is 7.89. The molecule has 204 valence electrons. The molecule has 0 amide bonds. The maximum absolute atomic E-state index is 12.4. The van der Waals surface area contributed by atoms with Gasteiger partial charge >= 0.3 is 5.97 Å². The van der Waals surface area contributed by atoms with Gasteiger partial charge in [-0.3, -0.25) is 5.32 Å². The molecule has 0 radical (unpaired) electrons. The Bertz CT molecular complexity index is 1370. The summed E-state index contributed by atoms with van der Waals surface area (Å²) in [6.45, 7) is 7.89. The number of rotatable bonds is 10. The summed E-state index contributed by atoms with van der Waals surface area (Å²) in [6.07, 6.45) is 0.589.